The Morgan fingerprint density at radius 2 is 1.86 bits per heavy atom. The van der Waals surface area contributed by atoms with Gasteiger partial charge >= 0.3 is 5.97 Å². The summed E-state index contributed by atoms with van der Waals surface area (Å²) in [6.07, 6.45) is -0.812. The van der Waals surface area contributed by atoms with E-state index in [1.807, 2.05) is 66.9 Å². The Balaban J connectivity index is 1.63. The van der Waals surface area contributed by atoms with Crippen molar-refractivity contribution in [3.8, 4) is 22.1 Å². The van der Waals surface area contributed by atoms with Gasteiger partial charge in [0.15, 0.2) is 6.10 Å². The highest BCUT2D eigenvalue weighted by molar-refractivity contribution is 7.13. The minimum atomic E-state index is -0.827. The lowest BCUT2D eigenvalue weighted by atomic mass is 10.2. The van der Waals surface area contributed by atoms with E-state index in [4.69, 9.17) is 9.47 Å². The van der Waals surface area contributed by atoms with E-state index in [-0.39, 0.29) is 12.3 Å². The number of hydrogen-bond acceptors (Lipinski definition) is 6. The molecule has 3 rings (SSSR count). The molecule has 150 valence electrons. The number of amides is 1. The Kier molecular flexibility index (Phi) is 6.97. The van der Waals surface area contributed by atoms with Gasteiger partial charge in [-0.05, 0) is 38.1 Å². The summed E-state index contributed by atoms with van der Waals surface area (Å²) in [5, 5.41) is 5.22. The highest BCUT2D eigenvalue weighted by atomic mass is 32.1. The number of benzene rings is 2. The van der Waals surface area contributed by atoms with Crippen LogP contribution in [0, 0.1) is 0 Å². The summed E-state index contributed by atoms with van der Waals surface area (Å²) in [4.78, 5) is 28.3. The van der Waals surface area contributed by atoms with E-state index < -0.39 is 12.1 Å². The highest BCUT2D eigenvalue weighted by Crippen LogP contribution is 2.29. The molecule has 0 saturated heterocycles. The van der Waals surface area contributed by atoms with Crippen LogP contribution in [0.5, 0.6) is 11.5 Å². The van der Waals surface area contributed by atoms with Gasteiger partial charge in [-0.1, -0.05) is 30.3 Å². The van der Waals surface area contributed by atoms with E-state index in [0.717, 1.165) is 16.3 Å². The molecule has 1 aromatic heterocycles. The zero-order chi connectivity index (χ0) is 20.6. The van der Waals surface area contributed by atoms with Crippen LogP contribution in [-0.2, 0) is 20.7 Å². The first-order chi connectivity index (χ1) is 14.0. The van der Waals surface area contributed by atoms with E-state index in [2.05, 4.69) is 10.3 Å². The van der Waals surface area contributed by atoms with Gasteiger partial charge in [-0.3, -0.25) is 9.59 Å². The number of carbonyl (C=O) groups is 2. The monoisotopic (exact) mass is 410 g/mol. The number of para-hydroxylation sites is 1. The third-order valence-corrected chi connectivity index (χ3v) is 4.91. The van der Waals surface area contributed by atoms with Crippen molar-refractivity contribution in [2.24, 2.45) is 0 Å². The van der Waals surface area contributed by atoms with Gasteiger partial charge in [-0.25, -0.2) is 4.98 Å². The molecule has 1 heterocycles. The van der Waals surface area contributed by atoms with Crippen molar-refractivity contribution in [2.75, 3.05) is 6.54 Å². The Hall–Kier alpha value is -3.19. The molecule has 0 aliphatic heterocycles. The van der Waals surface area contributed by atoms with Gasteiger partial charge in [-0.2, -0.15) is 0 Å². The van der Waals surface area contributed by atoms with Crippen LogP contribution in [0.15, 0.2) is 60.0 Å². The highest BCUT2D eigenvalue weighted by Gasteiger charge is 2.18. The number of esters is 1. The summed E-state index contributed by atoms with van der Waals surface area (Å²) in [6, 6.07) is 17.2. The number of thiazole rings is 1. The van der Waals surface area contributed by atoms with Crippen molar-refractivity contribution in [1.29, 1.82) is 0 Å². The Labute approximate surface area is 173 Å². The maximum Gasteiger partial charge on any atom is 0.312 e. The lowest BCUT2D eigenvalue weighted by Crippen LogP contribution is -2.35. The molecule has 0 fully saturated rings. The molecule has 0 radical (unpaired) electrons. The molecule has 0 aliphatic rings. The lowest BCUT2D eigenvalue weighted by Gasteiger charge is -2.11. The molecule has 7 heteroatoms. The fourth-order valence-corrected chi connectivity index (χ4v) is 3.41. The number of hydrogen-bond donors (Lipinski definition) is 1. The molecule has 6 nitrogen and oxygen atoms in total. The number of ether oxygens (including phenoxy) is 2. The molecular weight excluding hydrogens is 388 g/mol. The SMILES string of the molecule is CCNC(=O)[C@H](C)OC(=O)Cc1csc(-c2cccc(Oc3ccccc3)c2)n1. The average molecular weight is 410 g/mol. The molecule has 1 atom stereocenters. The van der Waals surface area contributed by atoms with E-state index in [0.29, 0.717) is 18.0 Å². The van der Waals surface area contributed by atoms with Crippen LogP contribution >= 0.6 is 11.3 Å². The van der Waals surface area contributed by atoms with Crippen LogP contribution in [0.2, 0.25) is 0 Å². The fraction of sp³-hybridized carbons (Fsp3) is 0.227. The number of aromatic nitrogens is 1. The Morgan fingerprint density at radius 3 is 2.62 bits per heavy atom. The van der Waals surface area contributed by atoms with Gasteiger partial charge in [0.05, 0.1) is 12.1 Å². The fourth-order valence-electron chi connectivity index (χ4n) is 2.60. The van der Waals surface area contributed by atoms with Crippen LogP contribution in [0.3, 0.4) is 0 Å². The number of nitrogens with zero attached hydrogens (tertiary/aromatic N) is 1. The minimum absolute atomic E-state index is 0.0143. The molecule has 0 spiro atoms. The van der Waals surface area contributed by atoms with E-state index in [1.54, 1.807) is 6.92 Å². The van der Waals surface area contributed by atoms with Gasteiger partial charge in [0.25, 0.3) is 5.91 Å². The molecule has 3 aromatic rings. The summed E-state index contributed by atoms with van der Waals surface area (Å²) in [7, 11) is 0. The number of rotatable bonds is 8. The zero-order valence-corrected chi connectivity index (χ0v) is 17.1. The van der Waals surface area contributed by atoms with Gasteiger partial charge in [0.1, 0.15) is 16.5 Å². The topological polar surface area (TPSA) is 77.5 Å². The van der Waals surface area contributed by atoms with Gasteiger partial charge in [0, 0.05) is 17.5 Å². The van der Waals surface area contributed by atoms with Crippen molar-refractivity contribution in [1.82, 2.24) is 10.3 Å². The molecule has 1 N–H and O–H groups in total. The van der Waals surface area contributed by atoms with E-state index in [9.17, 15) is 9.59 Å². The second kappa shape index (κ2) is 9.84. The van der Waals surface area contributed by atoms with Crippen molar-refractivity contribution in [3.63, 3.8) is 0 Å². The second-order valence-corrected chi connectivity index (χ2v) is 7.15. The largest absolute Gasteiger partial charge is 0.457 e. The summed E-state index contributed by atoms with van der Waals surface area (Å²) >= 11 is 1.44. The molecule has 0 saturated carbocycles. The van der Waals surface area contributed by atoms with Crippen molar-refractivity contribution in [2.45, 2.75) is 26.4 Å². The van der Waals surface area contributed by atoms with Crippen LogP contribution in [0.1, 0.15) is 19.5 Å². The summed E-state index contributed by atoms with van der Waals surface area (Å²) in [6.45, 7) is 3.85. The predicted octanol–water partition coefficient (Wildman–Crippen LogP) is 4.21. The first-order valence-electron chi connectivity index (χ1n) is 9.30. The maximum atomic E-state index is 12.1. The third kappa shape index (κ3) is 5.89. The standard InChI is InChI=1S/C22H22N2O4S/c1-3-23-21(26)15(2)27-20(25)13-17-14-29-22(24-17)16-8-7-11-19(12-16)28-18-9-5-4-6-10-18/h4-12,14-15H,3,13H2,1-2H3,(H,23,26)/t15-/m0/s1. The molecule has 1 amide bonds. The van der Waals surface area contributed by atoms with Crippen LogP contribution in [-0.4, -0.2) is 29.5 Å². The first kappa shape index (κ1) is 20.5. The quantitative estimate of drug-likeness (QED) is 0.563. The summed E-state index contributed by atoms with van der Waals surface area (Å²) < 4.78 is 11.0. The second-order valence-electron chi connectivity index (χ2n) is 6.29. The van der Waals surface area contributed by atoms with Crippen LogP contribution in [0.4, 0.5) is 0 Å². The zero-order valence-electron chi connectivity index (χ0n) is 16.3. The maximum absolute atomic E-state index is 12.1. The smallest absolute Gasteiger partial charge is 0.312 e. The predicted molar refractivity (Wildman–Crippen MR) is 112 cm³/mol. The van der Waals surface area contributed by atoms with Crippen molar-refractivity contribution < 1.29 is 19.1 Å². The van der Waals surface area contributed by atoms with Crippen molar-refractivity contribution in [3.05, 3.63) is 65.7 Å². The number of nitrogens with one attached hydrogen (secondary N) is 1. The van der Waals surface area contributed by atoms with Crippen LogP contribution < -0.4 is 10.1 Å². The number of carbonyl (C=O) groups excluding carboxylic acids is 2. The Morgan fingerprint density at radius 1 is 1.10 bits per heavy atom. The Bertz CT molecular complexity index is 972. The van der Waals surface area contributed by atoms with E-state index >= 15 is 0 Å². The van der Waals surface area contributed by atoms with Gasteiger partial charge < -0.3 is 14.8 Å². The van der Waals surface area contributed by atoms with Crippen molar-refractivity contribution >= 4 is 23.2 Å². The normalized spacial score (nSPS) is 11.5. The van der Waals surface area contributed by atoms with Crippen LogP contribution in [0.25, 0.3) is 10.6 Å². The molecule has 2 aromatic carbocycles. The molecule has 0 unspecified atom stereocenters. The minimum Gasteiger partial charge on any atom is -0.457 e. The lowest BCUT2D eigenvalue weighted by molar-refractivity contribution is -0.154. The summed E-state index contributed by atoms with van der Waals surface area (Å²) in [5.41, 5.74) is 1.51. The third-order valence-electron chi connectivity index (χ3n) is 3.97. The molecular formula is C22H22N2O4S. The first-order valence-corrected chi connectivity index (χ1v) is 10.2. The molecule has 0 aliphatic carbocycles. The summed E-state index contributed by atoms with van der Waals surface area (Å²) in [5.74, 6) is 0.672. The van der Waals surface area contributed by atoms with Gasteiger partial charge in [0.2, 0.25) is 0 Å². The number of likely N-dealkylation sites (N-methyl/N-ethyl adjacent to an activating group) is 1. The van der Waals surface area contributed by atoms with E-state index in [1.165, 1.54) is 11.3 Å². The average Bonchev–Trinajstić information content (AvgIpc) is 3.17. The molecule has 29 heavy (non-hydrogen) atoms. The van der Waals surface area contributed by atoms with Gasteiger partial charge in [-0.15, -0.1) is 11.3 Å². The molecule has 0 bridgehead atoms.